The van der Waals surface area contributed by atoms with Gasteiger partial charge in [0.2, 0.25) is 5.69 Å². The number of halogens is 1. The number of benzene rings is 2. The molecule has 1 aliphatic heterocycles. The monoisotopic (exact) mass is 654 g/mol. The average Bonchev–Trinajstić information content (AvgIpc) is 3.38. The molecule has 0 amide bonds. The van der Waals surface area contributed by atoms with Crippen LogP contribution in [0, 0.1) is 0 Å². The lowest BCUT2D eigenvalue weighted by Gasteiger charge is -2.25. The maximum absolute atomic E-state index is 11.1. The zero-order valence-corrected chi connectivity index (χ0v) is 29.1. The van der Waals surface area contributed by atoms with Crippen LogP contribution >= 0.6 is 11.6 Å². The van der Waals surface area contributed by atoms with E-state index in [4.69, 9.17) is 21.8 Å². The maximum atomic E-state index is 11.1. The van der Waals surface area contributed by atoms with Crippen LogP contribution in [0.1, 0.15) is 115 Å². The van der Waals surface area contributed by atoms with Gasteiger partial charge in [-0.2, -0.15) is 4.58 Å². The molecule has 2 N–H and O–H groups in total. The first kappa shape index (κ1) is 34.6. The van der Waals surface area contributed by atoms with Crippen molar-refractivity contribution in [2.45, 2.75) is 109 Å². The number of nitrogens with zero attached hydrogens (tertiary/aromatic N) is 1. The van der Waals surface area contributed by atoms with E-state index in [2.05, 4.69) is 105 Å². The SMILES string of the molecule is CC1(C)C(/C=C/C2=C(Cl)C(=C/C=C3\C(CCCCC(=O)O)c4ccccc4C3(C)C)/CCC2)=[N+](CCCCC(=O)O)c2ccccc21. The molecule has 2 aliphatic carbocycles. The van der Waals surface area contributed by atoms with E-state index in [1.807, 2.05) is 0 Å². The Morgan fingerprint density at radius 2 is 1.49 bits per heavy atom. The molecule has 0 saturated heterocycles. The molecule has 248 valence electrons. The smallest absolute Gasteiger partial charge is 0.303 e. The summed E-state index contributed by atoms with van der Waals surface area (Å²) < 4.78 is 2.36. The van der Waals surface area contributed by atoms with Crippen molar-refractivity contribution in [2.75, 3.05) is 6.54 Å². The van der Waals surface area contributed by atoms with Crippen molar-refractivity contribution < 1.29 is 24.4 Å². The summed E-state index contributed by atoms with van der Waals surface area (Å²) in [7, 11) is 0. The van der Waals surface area contributed by atoms with Crippen molar-refractivity contribution in [3.05, 3.63) is 111 Å². The third-order valence-electron chi connectivity index (χ3n) is 10.4. The van der Waals surface area contributed by atoms with Crippen molar-refractivity contribution in [1.82, 2.24) is 0 Å². The fourth-order valence-corrected chi connectivity index (χ4v) is 8.21. The van der Waals surface area contributed by atoms with E-state index >= 15 is 0 Å². The molecule has 3 aliphatic rings. The molecule has 47 heavy (non-hydrogen) atoms. The fraction of sp³-hybridized carbons (Fsp3) is 0.439. The van der Waals surface area contributed by atoms with Crippen molar-refractivity contribution in [1.29, 1.82) is 0 Å². The lowest BCUT2D eigenvalue weighted by atomic mass is 9.79. The third kappa shape index (κ3) is 7.41. The molecule has 1 atom stereocenters. The molecule has 2 aromatic carbocycles. The van der Waals surface area contributed by atoms with Gasteiger partial charge in [0.15, 0.2) is 5.71 Å². The molecule has 2 aromatic rings. The molecule has 0 bridgehead atoms. The number of rotatable bonds is 13. The van der Waals surface area contributed by atoms with Crippen LogP contribution in [0.3, 0.4) is 0 Å². The second-order valence-electron chi connectivity index (χ2n) is 14.3. The number of allylic oxidation sites excluding steroid dienone is 8. The van der Waals surface area contributed by atoms with E-state index in [1.54, 1.807) is 0 Å². The number of hydrogen-bond donors (Lipinski definition) is 2. The molecule has 0 aromatic heterocycles. The van der Waals surface area contributed by atoms with Gasteiger partial charge in [-0.1, -0.05) is 98.1 Å². The summed E-state index contributed by atoms with van der Waals surface area (Å²) >= 11 is 7.17. The van der Waals surface area contributed by atoms with Crippen LogP contribution in [0.25, 0.3) is 0 Å². The summed E-state index contributed by atoms with van der Waals surface area (Å²) in [6.07, 6.45) is 16.2. The molecule has 5 rings (SSSR count). The summed E-state index contributed by atoms with van der Waals surface area (Å²) in [5.41, 5.74) is 9.76. The van der Waals surface area contributed by atoms with Crippen LogP contribution in [0.15, 0.2) is 94.6 Å². The van der Waals surface area contributed by atoms with Crippen LogP contribution in [0.5, 0.6) is 0 Å². The summed E-state index contributed by atoms with van der Waals surface area (Å²) in [5.74, 6) is -1.22. The zero-order chi connectivity index (χ0) is 33.8. The Morgan fingerprint density at radius 1 is 0.830 bits per heavy atom. The minimum absolute atomic E-state index is 0.119. The number of aliphatic carboxylic acids is 2. The van der Waals surface area contributed by atoms with E-state index in [1.165, 1.54) is 33.7 Å². The van der Waals surface area contributed by atoms with Gasteiger partial charge in [0.05, 0.1) is 5.41 Å². The van der Waals surface area contributed by atoms with Crippen LogP contribution in [-0.4, -0.2) is 39.0 Å². The van der Waals surface area contributed by atoms with Crippen molar-refractivity contribution in [2.24, 2.45) is 0 Å². The Morgan fingerprint density at radius 3 is 2.21 bits per heavy atom. The molecule has 0 radical (unpaired) electrons. The van der Waals surface area contributed by atoms with Gasteiger partial charge in [0.1, 0.15) is 6.54 Å². The fourth-order valence-electron chi connectivity index (χ4n) is 7.89. The third-order valence-corrected chi connectivity index (χ3v) is 10.9. The van der Waals surface area contributed by atoms with E-state index in [0.29, 0.717) is 12.8 Å². The normalized spacial score (nSPS) is 21.6. The van der Waals surface area contributed by atoms with Crippen molar-refractivity contribution >= 4 is 34.9 Å². The second-order valence-corrected chi connectivity index (χ2v) is 14.7. The van der Waals surface area contributed by atoms with Crippen LogP contribution < -0.4 is 0 Å². The first-order chi connectivity index (χ1) is 22.4. The standard InChI is InChI=1S/C41H48ClNO4/c1-40(2)32-18-7-5-16-30(32)31(17-6-10-21-37(44)45)33(40)25-23-28-14-13-15-29(39(28)42)24-26-36-41(3,4)34-19-8-9-20-35(34)43(36)27-12-11-22-38(46)47/h5,7-9,16,18-20,23-26,31H,6,10-15,17,21-22,27H2,1-4H3,(H-,44,45,46,47)/p+1/b26-24+,28-23+,33-25+. The van der Waals surface area contributed by atoms with Crippen LogP contribution in [-0.2, 0) is 20.4 Å². The molecule has 5 nitrogen and oxygen atoms in total. The number of fused-ring (bicyclic) bond motifs is 2. The summed E-state index contributed by atoms with van der Waals surface area (Å²) in [6, 6.07) is 17.2. The zero-order valence-electron chi connectivity index (χ0n) is 28.3. The topological polar surface area (TPSA) is 77.6 Å². The second kappa shape index (κ2) is 14.6. The molecule has 1 heterocycles. The lowest BCUT2D eigenvalue weighted by molar-refractivity contribution is -0.438. The van der Waals surface area contributed by atoms with E-state index in [-0.39, 0.29) is 29.6 Å². The predicted octanol–water partition coefficient (Wildman–Crippen LogP) is 10.1. The van der Waals surface area contributed by atoms with Gasteiger partial charge in [0, 0.05) is 53.3 Å². The lowest BCUT2D eigenvalue weighted by Crippen LogP contribution is -2.28. The highest BCUT2D eigenvalue weighted by Gasteiger charge is 2.44. The largest absolute Gasteiger partial charge is 0.481 e. The van der Waals surface area contributed by atoms with Gasteiger partial charge in [-0.15, -0.1) is 0 Å². The molecule has 0 saturated carbocycles. The molecular formula is C41H49ClNO4+. The molecule has 0 spiro atoms. The van der Waals surface area contributed by atoms with E-state index < -0.39 is 11.9 Å². The Bertz CT molecular complexity index is 1690. The van der Waals surface area contributed by atoms with Gasteiger partial charge in [-0.3, -0.25) is 9.59 Å². The Hall–Kier alpha value is -3.70. The number of carboxylic acid groups (broad SMARTS) is 2. The first-order valence-corrected chi connectivity index (χ1v) is 17.6. The number of carbonyl (C=O) groups is 2. The number of unbranched alkanes of at least 4 members (excludes halogenated alkanes) is 2. The highest BCUT2D eigenvalue weighted by Crippen LogP contribution is 2.52. The van der Waals surface area contributed by atoms with Crippen LogP contribution in [0.2, 0.25) is 0 Å². The highest BCUT2D eigenvalue weighted by molar-refractivity contribution is 6.32. The summed E-state index contributed by atoms with van der Waals surface area (Å²) in [6.45, 7) is 9.89. The molecular weight excluding hydrogens is 606 g/mol. The van der Waals surface area contributed by atoms with E-state index in [9.17, 15) is 9.59 Å². The van der Waals surface area contributed by atoms with Gasteiger partial charge in [-0.05, 0) is 74.6 Å². The molecule has 1 unspecified atom stereocenters. The quantitative estimate of drug-likeness (QED) is 0.166. The van der Waals surface area contributed by atoms with Crippen molar-refractivity contribution in [3.8, 4) is 0 Å². The minimum atomic E-state index is -0.748. The Labute approximate surface area is 285 Å². The first-order valence-electron chi connectivity index (χ1n) is 17.2. The number of para-hydroxylation sites is 1. The Kier molecular flexibility index (Phi) is 10.8. The summed E-state index contributed by atoms with van der Waals surface area (Å²) in [4.78, 5) is 22.2. The Balaban J connectivity index is 1.44. The van der Waals surface area contributed by atoms with Gasteiger partial charge >= 0.3 is 11.9 Å². The highest BCUT2D eigenvalue weighted by atomic mass is 35.5. The van der Waals surface area contributed by atoms with Crippen LogP contribution in [0.4, 0.5) is 5.69 Å². The maximum Gasteiger partial charge on any atom is 0.303 e. The van der Waals surface area contributed by atoms with Gasteiger partial charge in [-0.25, -0.2) is 0 Å². The van der Waals surface area contributed by atoms with Gasteiger partial charge < -0.3 is 10.2 Å². The van der Waals surface area contributed by atoms with Crippen molar-refractivity contribution in [3.63, 3.8) is 0 Å². The number of carboxylic acids is 2. The van der Waals surface area contributed by atoms with E-state index in [0.717, 1.165) is 61.2 Å². The summed E-state index contributed by atoms with van der Waals surface area (Å²) in [5, 5.41) is 19.1. The molecule has 0 fully saturated rings. The van der Waals surface area contributed by atoms with Gasteiger partial charge in [0.25, 0.3) is 0 Å². The molecule has 6 heteroatoms. The average molecular weight is 655 g/mol. The predicted molar refractivity (Wildman–Crippen MR) is 191 cm³/mol. The minimum Gasteiger partial charge on any atom is -0.481 e. The number of hydrogen-bond acceptors (Lipinski definition) is 2.